The van der Waals surface area contributed by atoms with Gasteiger partial charge in [0.05, 0.1) is 0 Å². The third kappa shape index (κ3) is 4.15. The highest BCUT2D eigenvalue weighted by Gasteiger charge is 2.29. The van der Waals surface area contributed by atoms with Gasteiger partial charge in [-0.1, -0.05) is 44.2 Å². The smallest absolute Gasteiger partial charge is 0.244 e. The zero-order chi connectivity index (χ0) is 13.6. The third-order valence-corrected chi connectivity index (χ3v) is 3.09. The Kier molecular flexibility index (Phi) is 5.35. The second kappa shape index (κ2) is 6.55. The van der Waals surface area contributed by atoms with E-state index >= 15 is 0 Å². The number of benzene rings is 1. The summed E-state index contributed by atoms with van der Waals surface area (Å²) in [5.74, 6) is 0.553. The maximum absolute atomic E-state index is 12.1. The Balaban J connectivity index is 2.50. The number of hydrogen-bond acceptors (Lipinski definition) is 2. The van der Waals surface area contributed by atoms with Crippen LogP contribution in [-0.2, 0) is 10.3 Å². The quantitative estimate of drug-likeness (QED) is 0.760. The molecule has 3 N–H and O–H groups in total. The predicted octanol–water partition coefficient (Wildman–Crippen LogP) is 2.41. The standard InChI is InChI=1S/C15H24N2O/c1-12(2)8-7-11-17-14(18)15(3,16)13-9-5-4-6-10-13/h4-6,9-10,12H,7-8,11,16H2,1-3H3,(H,17,18). The number of nitrogens with one attached hydrogen (secondary N) is 1. The predicted molar refractivity (Wildman–Crippen MR) is 75.1 cm³/mol. The van der Waals surface area contributed by atoms with Gasteiger partial charge < -0.3 is 11.1 Å². The van der Waals surface area contributed by atoms with Crippen molar-refractivity contribution in [1.29, 1.82) is 0 Å². The Morgan fingerprint density at radius 3 is 2.50 bits per heavy atom. The fraction of sp³-hybridized carbons (Fsp3) is 0.533. The molecule has 0 fully saturated rings. The molecule has 0 aromatic heterocycles. The molecule has 1 amide bonds. The number of amides is 1. The van der Waals surface area contributed by atoms with Gasteiger partial charge in [0.15, 0.2) is 0 Å². The minimum absolute atomic E-state index is 0.113. The van der Waals surface area contributed by atoms with Gasteiger partial charge in [-0.25, -0.2) is 0 Å². The van der Waals surface area contributed by atoms with Crippen molar-refractivity contribution < 1.29 is 4.79 Å². The van der Waals surface area contributed by atoms with E-state index in [1.54, 1.807) is 6.92 Å². The van der Waals surface area contributed by atoms with Gasteiger partial charge in [-0.3, -0.25) is 4.79 Å². The van der Waals surface area contributed by atoms with Crippen LogP contribution in [-0.4, -0.2) is 12.5 Å². The van der Waals surface area contributed by atoms with E-state index in [0.29, 0.717) is 12.5 Å². The average molecular weight is 248 g/mol. The molecule has 1 aromatic rings. The molecule has 0 aliphatic carbocycles. The zero-order valence-electron chi connectivity index (χ0n) is 11.6. The van der Waals surface area contributed by atoms with E-state index in [9.17, 15) is 4.79 Å². The second-order valence-electron chi connectivity index (χ2n) is 5.36. The molecule has 3 heteroatoms. The summed E-state index contributed by atoms with van der Waals surface area (Å²) >= 11 is 0. The molecule has 0 bridgehead atoms. The summed E-state index contributed by atoms with van der Waals surface area (Å²) in [6, 6.07) is 9.47. The topological polar surface area (TPSA) is 55.1 Å². The first kappa shape index (κ1) is 14.7. The number of carbonyl (C=O) groups is 1. The molecule has 0 saturated carbocycles. The molecule has 3 nitrogen and oxygen atoms in total. The molecule has 0 aliphatic rings. The van der Waals surface area contributed by atoms with Crippen LogP contribution in [0.25, 0.3) is 0 Å². The van der Waals surface area contributed by atoms with E-state index < -0.39 is 5.54 Å². The monoisotopic (exact) mass is 248 g/mol. The lowest BCUT2D eigenvalue weighted by atomic mass is 9.92. The van der Waals surface area contributed by atoms with Crippen LogP contribution in [0.2, 0.25) is 0 Å². The summed E-state index contributed by atoms with van der Waals surface area (Å²) in [5, 5.41) is 2.91. The molecular formula is C15H24N2O. The summed E-state index contributed by atoms with van der Waals surface area (Å²) in [6.07, 6.45) is 2.11. The lowest BCUT2D eigenvalue weighted by Crippen LogP contribution is -2.49. The van der Waals surface area contributed by atoms with E-state index in [4.69, 9.17) is 5.73 Å². The largest absolute Gasteiger partial charge is 0.354 e. The highest BCUT2D eigenvalue weighted by molar-refractivity contribution is 5.86. The van der Waals surface area contributed by atoms with Crippen molar-refractivity contribution in [3.8, 4) is 0 Å². The molecule has 0 heterocycles. The van der Waals surface area contributed by atoms with Gasteiger partial charge in [0.2, 0.25) is 5.91 Å². The van der Waals surface area contributed by atoms with Gasteiger partial charge in [0, 0.05) is 6.54 Å². The molecule has 18 heavy (non-hydrogen) atoms. The number of nitrogens with two attached hydrogens (primary N) is 1. The van der Waals surface area contributed by atoms with Crippen molar-refractivity contribution in [3.63, 3.8) is 0 Å². The van der Waals surface area contributed by atoms with Gasteiger partial charge >= 0.3 is 0 Å². The Morgan fingerprint density at radius 1 is 1.33 bits per heavy atom. The Morgan fingerprint density at radius 2 is 1.94 bits per heavy atom. The molecule has 1 aromatic carbocycles. The molecule has 1 rings (SSSR count). The first-order valence-corrected chi connectivity index (χ1v) is 6.57. The minimum atomic E-state index is -0.959. The van der Waals surface area contributed by atoms with Crippen molar-refractivity contribution in [1.82, 2.24) is 5.32 Å². The summed E-state index contributed by atoms with van der Waals surface area (Å²) in [7, 11) is 0. The first-order chi connectivity index (χ1) is 8.44. The number of rotatable bonds is 6. The molecule has 1 atom stereocenters. The Labute approximate surface area is 110 Å². The molecule has 0 aliphatic heterocycles. The average Bonchev–Trinajstić information content (AvgIpc) is 2.35. The van der Waals surface area contributed by atoms with Crippen molar-refractivity contribution >= 4 is 5.91 Å². The maximum atomic E-state index is 12.1. The van der Waals surface area contributed by atoms with Crippen LogP contribution in [0.1, 0.15) is 39.2 Å². The molecule has 1 unspecified atom stereocenters. The SMILES string of the molecule is CC(C)CCCNC(=O)C(C)(N)c1ccccc1. The van der Waals surface area contributed by atoms with E-state index in [1.165, 1.54) is 0 Å². The van der Waals surface area contributed by atoms with Gasteiger partial charge in [-0.2, -0.15) is 0 Å². The lowest BCUT2D eigenvalue weighted by molar-refractivity contribution is -0.126. The summed E-state index contributed by atoms with van der Waals surface area (Å²) in [6.45, 7) is 6.80. The van der Waals surface area contributed by atoms with Crippen LogP contribution in [0.15, 0.2) is 30.3 Å². The zero-order valence-corrected chi connectivity index (χ0v) is 11.6. The summed E-state index contributed by atoms with van der Waals surface area (Å²) in [4.78, 5) is 12.1. The van der Waals surface area contributed by atoms with E-state index in [1.807, 2.05) is 30.3 Å². The Bertz CT molecular complexity index is 371. The highest BCUT2D eigenvalue weighted by atomic mass is 16.2. The lowest BCUT2D eigenvalue weighted by Gasteiger charge is -2.24. The number of hydrogen-bond donors (Lipinski definition) is 2. The maximum Gasteiger partial charge on any atom is 0.244 e. The normalized spacial score (nSPS) is 14.3. The van der Waals surface area contributed by atoms with Crippen molar-refractivity contribution in [2.24, 2.45) is 11.7 Å². The third-order valence-electron chi connectivity index (χ3n) is 3.09. The van der Waals surface area contributed by atoms with E-state index in [-0.39, 0.29) is 5.91 Å². The van der Waals surface area contributed by atoms with Crippen LogP contribution in [0, 0.1) is 5.92 Å². The second-order valence-corrected chi connectivity index (χ2v) is 5.36. The summed E-state index contributed by atoms with van der Waals surface area (Å²) in [5.41, 5.74) is 5.99. The van der Waals surface area contributed by atoms with Crippen LogP contribution in [0.4, 0.5) is 0 Å². The van der Waals surface area contributed by atoms with Gasteiger partial charge in [-0.05, 0) is 31.2 Å². The van der Waals surface area contributed by atoms with Crippen LogP contribution in [0.5, 0.6) is 0 Å². The molecule has 0 saturated heterocycles. The minimum Gasteiger partial charge on any atom is -0.354 e. The number of carbonyl (C=O) groups excluding carboxylic acids is 1. The molecule has 100 valence electrons. The van der Waals surface area contributed by atoms with Gasteiger partial charge in [0.25, 0.3) is 0 Å². The van der Waals surface area contributed by atoms with Crippen LogP contribution >= 0.6 is 0 Å². The van der Waals surface area contributed by atoms with E-state index in [2.05, 4.69) is 19.2 Å². The molecule has 0 radical (unpaired) electrons. The van der Waals surface area contributed by atoms with Crippen LogP contribution in [0.3, 0.4) is 0 Å². The molecular weight excluding hydrogens is 224 g/mol. The first-order valence-electron chi connectivity index (χ1n) is 6.57. The Hall–Kier alpha value is -1.35. The van der Waals surface area contributed by atoms with Crippen molar-refractivity contribution in [3.05, 3.63) is 35.9 Å². The van der Waals surface area contributed by atoms with E-state index in [0.717, 1.165) is 18.4 Å². The van der Waals surface area contributed by atoms with Crippen LogP contribution < -0.4 is 11.1 Å². The fourth-order valence-electron chi connectivity index (χ4n) is 1.81. The fourth-order valence-corrected chi connectivity index (χ4v) is 1.81. The summed E-state index contributed by atoms with van der Waals surface area (Å²) < 4.78 is 0. The van der Waals surface area contributed by atoms with Gasteiger partial charge in [-0.15, -0.1) is 0 Å². The van der Waals surface area contributed by atoms with Gasteiger partial charge in [0.1, 0.15) is 5.54 Å². The van der Waals surface area contributed by atoms with Crippen molar-refractivity contribution in [2.45, 2.75) is 39.2 Å². The molecule has 0 spiro atoms. The highest BCUT2D eigenvalue weighted by Crippen LogP contribution is 2.17. The van der Waals surface area contributed by atoms with Crippen molar-refractivity contribution in [2.75, 3.05) is 6.54 Å².